The van der Waals surface area contributed by atoms with Crippen LogP contribution in [0.1, 0.15) is 18.4 Å². The highest BCUT2D eigenvalue weighted by Crippen LogP contribution is 2.17. The number of likely N-dealkylation sites (N-methyl/N-ethyl adjacent to an activating group) is 1. The number of rotatable bonds is 4. The summed E-state index contributed by atoms with van der Waals surface area (Å²) in [7, 11) is 1.96. The number of nitriles is 1. The summed E-state index contributed by atoms with van der Waals surface area (Å²) in [5, 5.41) is 8.68. The molecule has 1 heterocycles. The zero-order valence-electron chi connectivity index (χ0n) is 10.7. The van der Waals surface area contributed by atoms with Gasteiger partial charge in [-0.2, -0.15) is 5.26 Å². The molecule has 1 aromatic rings. The van der Waals surface area contributed by atoms with Crippen LogP contribution in [0, 0.1) is 17.1 Å². The van der Waals surface area contributed by atoms with Gasteiger partial charge in [-0.15, -0.1) is 0 Å². The third-order valence-electron chi connectivity index (χ3n) is 3.46. The summed E-state index contributed by atoms with van der Waals surface area (Å²) >= 11 is 0. The van der Waals surface area contributed by atoms with Crippen LogP contribution in [0.4, 0.5) is 10.1 Å². The van der Waals surface area contributed by atoms with Crippen molar-refractivity contribution in [3.05, 3.63) is 29.6 Å². The molecule has 4 heteroatoms. The van der Waals surface area contributed by atoms with E-state index < -0.39 is 5.82 Å². The van der Waals surface area contributed by atoms with Crippen LogP contribution >= 0.6 is 0 Å². The first-order valence-corrected chi connectivity index (χ1v) is 6.34. The van der Waals surface area contributed by atoms with Gasteiger partial charge in [0, 0.05) is 25.8 Å². The maximum Gasteiger partial charge on any atom is 0.143 e. The van der Waals surface area contributed by atoms with Crippen molar-refractivity contribution in [1.29, 1.82) is 5.26 Å². The van der Waals surface area contributed by atoms with E-state index in [-0.39, 0.29) is 5.56 Å². The molecule has 0 aliphatic carbocycles. The van der Waals surface area contributed by atoms with Gasteiger partial charge in [-0.25, -0.2) is 4.39 Å². The number of halogens is 1. The van der Waals surface area contributed by atoms with Crippen molar-refractivity contribution in [2.24, 2.45) is 0 Å². The second-order valence-electron chi connectivity index (χ2n) is 4.75. The molecule has 1 aromatic carbocycles. The minimum absolute atomic E-state index is 0.103. The van der Waals surface area contributed by atoms with Gasteiger partial charge < -0.3 is 9.80 Å². The lowest BCUT2D eigenvalue weighted by atomic mass is 10.2. The molecule has 0 spiro atoms. The average Bonchev–Trinajstić information content (AvgIpc) is 2.89. The van der Waals surface area contributed by atoms with Crippen molar-refractivity contribution in [3.8, 4) is 6.07 Å². The largest absolute Gasteiger partial charge is 0.373 e. The SMILES string of the molecule is CN(CCN1CCCC1)c1ccc(C#N)c(F)c1. The first kappa shape index (κ1) is 12.8. The Labute approximate surface area is 107 Å². The molecule has 0 N–H and O–H groups in total. The molecule has 0 unspecified atom stereocenters. The fourth-order valence-corrected chi connectivity index (χ4v) is 2.26. The van der Waals surface area contributed by atoms with Crippen LogP contribution in [-0.4, -0.2) is 38.1 Å². The third-order valence-corrected chi connectivity index (χ3v) is 3.46. The minimum Gasteiger partial charge on any atom is -0.373 e. The van der Waals surface area contributed by atoms with Crippen molar-refractivity contribution < 1.29 is 4.39 Å². The van der Waals surface area contributed by atoms with E-state index in [1.165, 1.54) is 38.1 Å². The van der Waals surface area contributed by atoms with E-state index in [9.17, 15) is 4.39 Å². The number of benzene rings is 1. The fraction of sp³-hybridized carbons (Fsp3) is 0.500. The monoisotopic (exact) mass is 247 g/mol. The van der Waals surface area contributed by atoms with Crippen LogP contribution in [0.5, 0.6) is 0 Å². The lowest BCUT2D eigenvalue weighted by Crippen LogP contribution is -2.31. The summed E-state index contributed by atoms with van der Waals surface area (Å²) in [4.78, 5) is 4.46. The number of hydrogen-bond acceptors (Lipinski definition) is 3. The zero-order valence-corrected chi connectivity index (χ0v) is 10.7. The van der Waals surface area contributed by atoms with Gasteiger partial charge in [-0.1, -0.05) is 0 Å². The summed E-state index contributed by atoms with van der Waals surface area (Å²) in [5.41, 5.74) is 0.928. The van der Waals surface area contributed by atoms with E-state index in [4.69, 9.17) is 5.26 Å². The molecule has 0 atom stereocenters. The second-order valence-corrected chi connectivity index (χ2v) is 4.75. The summed E-state index contributed by atoms with van der Waals surface area (Å²) in [6.07, 6.45) is 2.57. The van der Waals surface area contributed by atoms with E-state index in [1.807, 2.05) is 18.0 Å². The molecule has 0 bridgehead atoms. The van der Waals surface area contributed by atoms with Crippen LogP contribution in [0.2, 0.25) is 0 Å². The number of hydrogen-bond donors (Lipinski definition) is 0. The Kier molecular flexibility index (Phi) is 4.16. The van der Waals surface area contributed by atoms with Crippen LogP contribution in [0.15, 0.2) is 18.2 Å². The molecule has 1 aliphatic rings. The minimum atomic E-state index is -0.442. The molecule has 0 amide bonds. The van der Waals surface area contributed by atoms with Crippen LogP contribution < -0.4 is 4.90 Å². The van der Waals surface area contributed by atoms with E-state index in [0.29, 0.717) is 0 Å². The number of nitrogens with zero attached hydrogens (tertiary/aromatic N) is 3. The molecule has 2 rings (SSSR count). The number of likely N-dealkylation sites (tertiary alicyclic amines) is 1. The van der Waals surface area contributed by atoms with E-state index >= 15 is 0 Å². The van der Waals surface area contributed by atoms with Gasteiger partial charge in [-0.3, -0.25) is 0 Å². The topological polar surface area (TPSA) is 30.3 Å². The van der Waals surface area contributed by atoms with Gasteiger partial charge in [0.15, 0.2) is 0 Å². The van der Waals surface area contributed by atoms with Gasteiger partial charge in [0.1, 0.15) is 11.9 Å². The quantitative estimate of drug-likeness (QED) is 0.817. The van der Waals surface area contributed by atoms with Gasteiger partial charge in [-0.05, 0) is 44.1 Å². The Morgan fingerprint density at radius 2 is 2.11 bits per heavy atom. The fourth-order valence-electron chi connectivity index (χ4n) is 2.26. The van der Waals surface area contributed by atoms with Crippen molar-refractivity contribution in [1.82, 2.24) is 4.90 Å². The highest BCUT2D eigenvalue weighted by molar-refractivity contribution is 5.49. The molecular weight excluding hydrogens is 229 g/mol. The van der Waals surface area contributed by atoms with Crippen molar-refractivity contribution in [2.45, 2.75) is 12.8 Å². The first-order chi connectivity index (χ1) is 8.70. The van der Waals surface area contributed by atoms with E-state index in [2.05, 4.69) is 4.90 Å². The molecular formula is C14H18FN3. The molecule has 1 fully saturated rings. The summed E-state index contributed by atoms with van der Waals surface area (Å²) in [5.74, 6) is -0.442. The normalized spacial score (nSPS) is 15.6. The van der Waals surface area contributed by atoms with Crippen molar-refractivity contribution >= 4 is 5.69 Å². The highest BCUT2D eigenvalue weighted by Gasteiger charge is 2.12. The average molecular weight is 247 g/mol. The molecule has 1 aliphatic heterocycles. The summed E-state index contributed by atoms with van der Waals surface area (Å²) in [6, 6.07) is 6.61. The van der Waals surface area contributed by atoms with Crippen LogP contribution in [0.3, 0.4) is 0 Å². The van der Waals surface area contributed by atoms with Crippen LogP contribution in [0.25, 0.3) is 0 Å². The standard InChI is InChI=1S/C14H18FN3/c1-17(8-9-18-6-2-3-7-18)13-5-4-12(11-16)14(15)10-13/h4-5,10H,2-3,6-9H2,1H3. The Morgan fingerprint density at radius 3 is 2.72 bits per heavy atom. The molecule has 96 valence electrons. The maximum atomic E-state index is 13.5. The molecule has 0 aromatic heterocycles. The Hall–Kier alpha value is -1.60. The summed E-state index contributed by atoms with van der Waals surface area (Å²) < 4.78 is 13.5. The summed E-state index contributed by atoms with van der Waals surface area (Å²) in [6.45, 7) is 4.24. The molecule has 3 nitrogen and oxygen atoms in total. The van der Waals surface area contributed by atoms with E-state index in [0.717, 1.165) is 18.8 Å². The van der Waals surface area contributed by atoms with Crippen LogP contribution in [-0.2, 0) is 0 Å². The van der Waals surface area contributed by atoms with E-state index in [1.54, 1.807) is 6.07 Å². The molecule has 0 radical (unpaired) electrons. The predicted molar refractivity (Wildman–Crippen MR) is 70.1 cm³/mol. The number of anilines is 1. The molecule has 0 saturated carbocycles. The highest BCUT2D eigenvalue weighted by atomic mass is 19.1. The van der Waals surface area contributed by atoms with Crippen molar-refractivity contribution in [2.75, 3.05) is 38.1 Å². The van der Waals surface area contributed by atoms with Crippen molar-refractivity contribution in [3.63, 3.8) is 0 Å². The lowest BCUT2D eigenvalue weighted by Gasteiger charge is -2.23. The molecule has 18 heavy (non-hydrogen) atoms. The van der Waals surface area contributed by atoms with Gasteiger partial charge in [0.25, 0.3) is 0 Å². The third kappa shape index (κ3) is 2.99. The Balaban J connectivity index is 1.93. The maximum absolute atomic E-state index is 13.5. The van der Waals surface area contributed by atoms with Gasteiger partial charge in [0.2, 0.25) is 0 Å². The zero-order chi connectivity index (χ0) is 13.0. The molecule has 1 saturated heterocycles. The van der Waals surface area contributed by atoms with Gasteiger partial charge in [0.05, 0.1) is 5.56 Å². The first-order valence-electron chi connectivity index (χ1n) is 6.34. The Bertz CT molecular complexity index is 447. The Morgan fingerprint density at radius 1 is 1.39 bits per heavy atom. The predicted octanol–water partition coefficient (Wildman–Crippen LogP) is 2.23. The smallest absolute Gasteiger partial charge is 0.143 e. The second kappa shape index (κ2) is 5.83. The lowest BCUT2D eigenvalue weighted by molar-refractivity contribution is 0.346. The van der Waals surface area contributed by atoms with Gasteiger partial charge >= 0.3 is 0 Å².